The normalized spacial score (nSPS) is 12.2. The van der Waals surface area contributed by atoms with Crippen LogP contribution in [0.3, 0.4) is 0 Å². The maximum Gasteiger partial charge on any atom is 0.236 e. The number of phenolic OH excluding ortho intramolecular Hbond substituents is 2. The largest absolute Gasteiger partial charge is 0.507 e. The molecule has 0 aromatic heterocycles. The van der Waals surface area contributed by atoms with Crippen LogP contribution in [0.2, 0.25) is 0 Å². The second kappa shape index (κ2) is 6.99. The highest BCUT2D eigenvalue weighted by Gasteiger charge is 2.16. The van der Waals surface area contributed by atoms with Crippen LogP contribution in [0.15, 0.2) is 18.2 Å². The lowest BCUT2D eigenvalue weighted by molar-refractivity contribution is -0.130. The van der Waals surface area contributed by atoms with Crippen LogP contribution in [0.1, 0.15) is 32.4 Å². The summed E-state index contributed by atoms with van der Waals surface area (Å²) in [4.78, 5) is 13.6. The Morgan fingerprint density at radius 1 is 1.26 bits per heavy atom. The van der Waals surface area contributed by atoms with Crippen LogP contribution >= 0.6 is 0 Å². The predicted molar refractivity (Wildman–Crippen MR) is 74.1 cm³/mol. The Balaban J connectivity index is 2.66. The molecule has 0 aliphatic heterocycles. The highest BCUT2D eigenvalue weighted by atomic mass is 16.3. The van der Waals surface area contributed by atoms with Gasteiger partial charge in [-0.15, -0.1) is 0 Å². The quantitative estimate of drug-likeness (QED) is 0.731. The van der Waals surface area contributed by atoms with Gasteiger partial charge in [-0.05, 0) is 32.9 Å². The Kier molecular flexibility index (Phi) is 5.63. The molecule has 106 valence electrons. The molecule has 0 radical (unpaired) electrons. The Morgan fingerprint density at radius 2 is 1.79 bits per heavy atom. The first-order valence-corrected chi connectivity index (χ1v) is 6.53. The predicted octanol–water partition coefficient (Wildman–Crippen LogP) is 1.62. The van der Waals surface area contributed by atoms with Gasteiger partial charge >= 0.3 is 0 Å². The van der Waals surface area contributed by atoms with Gasteiger partial charge in [0.2, 0.25) is 5.91 Å². The summed E-state index contributed by atoms with van der Waals surface area (Å²) in [6.45, 7) is 7.18. The molecule has 0 fully saturated rings. The van der Waals surface area contributed by atoms with Crippen molar-refractivity contribution in [2.45, 2.75) is 26.8 Å². The summed E-state index contributed by atoms with van der Waals surface area (Å²) in [7, 11) is 0. The summed E-state index contributed by atoms with van der Waals surface area (Å²) < 4.78 is 0. The first-order chi connectivity index (χ1) is 9.01. The lowest BCUT2D eigenvalue weighted by atomic mass is 10.1. The van der Waals surface area contributed by atoms with Crippen LogP contribution in [0.4, 0.5) is 0 Å². The molecule has 1 unspecified atom stereocenters. The van der Waals surface area contributed by atoms with Crippen molar-refractivity contribution < 1.29 is 15.0 Å². The molecule has 1 atom stereocenters. The van der Waals surface area contributed by atoms with Gasteiger partial charge in [-0.25, -0.2) is 0 Å². The van der Waals surface area contributed by atoms with Gasteiger partial charge in [0.1, 0.15) is 11.5 Å². The molecule has 1 amide bonds. The van der Waals surface area contributed by atoms with Crippen LogP contribution in [-0.2, 0) is 4.79 Å². The van der Waals surface area contributed by atoms with E-state index in [1.54, 1.807) is 17.9 Å². The van der Waals surface area contributed by atoms with Gasteiger partial charge in [-0.1, -0.05) is 6.07 Å². The zero-order valence-corrected chi connectivity index (χ0v) is 11.7. The van der Waals surface area contributed by atoms with E-state index in [0.717, 1.165) is 0 Å². The number of aromatic hydroxyl groups is 2. The zero-order valence-electron chi connectivity index (χ0n) is 11.7. The van der Waals surface area contributed by atoms with E-state index < -0.39 is 0 Å². The summed E-state index contributed by atoms with van der Waals surface area (Å²) in [6.07, 6.45) is 0. The summed E-state index contributed by atoms with van der Waals surface area (Å²) in [5.41, 5.74) is 0.412. The second-order valence-corrected chi connectivity index (χ2v) is 4.38. The molecule has 5 heteroatoms. The highest BCUT2D eigenvalue weighted by Crippen LogP contribution is 2.31. The number of carbonyl (C=O) groups excluding carboxylic acids is 1. The number of benzene rings is 1. The van der Waals surface area contributed by atoms with Crippen molar-refractivity contribution in [3.63, 3.8) is 0 Å². The van der Waals surface area contributed by atoms with Crippen molar-refractivity contribution in [3.05, 3.63) is 23.8 Å². The summed E-state index contributed by atoms with van der Waals surface area (Å²) >= 11 is 0. The van der Waals surface area contributed by atoms with E-state index in [1.807, 2.05) is 13.8 Å². The Hall–Kier alpha value is -1.75. The molecule has 1 rings (SSSR count). The van der Waals surface area contributed by atoms with Gasteiger partial charge in [0.25, 0.3) is 0 Å². The lowest BCUT2D eigenvalue weighted by Gasteiger charge is -2.21. The first kappa shape index (κ1) is 15.3. The third kappa shape index (κ3) is 3.86. The van der Waals surface area contributed by atoms with Crippen LogP contribution < -0.4 is 5.32 Å². The van der Waals surface area contributed by atoms with Gasteiger partial charge in [0, 0.05) is 19.1 Å². The SMILES string of the molecule is CCN(CC)C(=O)CNC(C)c1c(O)cccc1O. The van der Waals surface area contributed by atoms with E-state index in [4.69, 9.17) is 0 Å². The smallest absolute Gasteiger partial charge is 0.236 e. The van der Waals surface area contributed by atoms with Crippen molar-refractivity contribution in [2.75, 3.05) is 19.6 Å². The molecule has 3 N–H and O–H groups in total. The average molecular weight is 266 g/mol. The van der Waals surface area contributed by atoms with Gasteiger partial charge in [-0.3, -0.25) is 4.79 Å². The molecule has 0 bridgehead atoms. The fourth-order valence-corrected chi connectivity index (χ4v) is 2.02. The number of carbonyl (C=O) groups is 1. The third-order valence-corrected chi connectivity index (χ3v) is 3.17. The topological polar surface area (TPSA) is 72.8 Å². The van der Waals surface area contributed by atoms with E-state index in [-0.39, 0.29) is 30.0 Å². The number of hydrogen-bond acceptors (Lipinski definition) is 4. The number of hydrogen-bond donors (Lipinski definition) is 3. The Bertz CT molecular complexity index is 410. The van der Waals surface area contributed by atoms with Gasteiger partial charge in [-0.2, -0.15) is 0 Å². The fourth-order valence-electron chi connectivity index (χ4n) is 2.02. The fraction of sp³-hybridized carbons (Fsp3) is 0.500. The van der Waals surface area contributed by atoms with Gasteiger partial charge < -0.3 is 20.4 Å². The van der Waals surface area contributed by atoms with E-state index in [2.05, 4.69) is 5.32 Å². The molecule has 0 aliphatic rings. The molecule has 5 nitrogen and oxygen atoms in total. The number of amides is 1. The monoisotopic (exact) mass is 266 g/mol. The van der Waals surface area contributed by atoms with Crippen molar-refractivity contribution >= 4 is 5.91 Å². The van der Waals surface area contributed by atoms with Crippen LogP contribution in [0.25, 0.3) is 0 Å². The van der Waals surface area contributed by atoms with Crippen molar-refractivity contribution in [1.29, 1.82) is 0 Å². The molecule has 19 heavy (non-hydrogen) atoms. The first-order valence-electron chi connectivity index (χ1n) is 6.53. The maximum absolute atomic E-state index is 11.8. The minimum atomic E-state index is -0.305. The van der Waals surface area contributed by atoms with E-state index in [1.165, 1.54) is 12.1 Å². The van der Waals surface area contributed by atoms with E-state index >= 15 is 0 Å². The minimum absolute atomic E-state index is 0.00626. The van der Waals surface area contributed by atoms with Crippen LogP contribution in [-0.4, -0.2) is 40.7 Å². The van der Waals surface area contributed by atoms with Crippen molar-refractivity contribution in [1.82, 2.24) is 10.2 Å². The molecule has 1 aromatic carbocycles. The van der Waals surface area contributed by atoms with Crippen molar-refractivity contribution in [3.8, 4) is 11.5 Å². The van der Waals surface area contributed by atoms with Crippen LogP contribution in [0, 0.1) is 0 Å². The minimum Gasteiger partial charge on any atom is -0.507 e. The summed E-state index contributed by atoms with van der Waals surface area (Å²) in [6, 6.07) is 4.29. The average Bonchev–Trinajstić information content (AvgIpc) is 2.37. The molecule has 0 saturated heterocycles. The maximum atomic E-state index is 11.8. The molecular formula is C14H22N2O3. The standard InChI is InChI=1S/C14H22N2O3/c1-4-16(5-2)13(19)9-15-10(3)14-11(17)7-6-8-12(14)18/h6-8,10,15,17-18H,4-5,9H2,1-3H3. The molecular weight excluding hydrogens is 244 g/mol. The summed E-state index contributed by atoms with van der Waals surface area (Å²) in [5, 5.41) is 22.5. The number of rotatable bonds is 6. The lowest BCUT2D eigenvalue weighted by Crippen LogP contribution is -2.38. The number of nitrogens with one attached hydrogen (secondary N) is 1. The van der Waals surface area contributed by atoms with Gasteiger partial charge in [0.15, 0.2) is 0 Å². The highest BCUT2D eigenvalue weighted by molar-refractivity contribution is 5.78. The Morgan fingerprint density at radius 3 is 2.26 bits per heavy atom. The van der Waals surface area contributed by atoms with Gasteiger partial charge in [0.05, 0.1) is 12.1 Å². The second-order valence-electron chi connectivity index (χ2n) is 4.38. The van der Waals surface area contributed by atoms with E-state index in [9.17, 15) is 15.0 Å². The third-order valence-electron chi connectivity index (χ3n) is 3.17. The number of phenols is 2. The Labute approximate surface area is 113 Å². The molecule has 0 aliphatic carbocycles. The van der Waals surface area contributed by atoms with Crippen LogP contribution in [0.5, 0.6) is 11.5 Å². The van der Waals surface area contributed by atoms with E-state index in [0.29, 0.717) is 18.7 Å². The molecule has 0 saturated carbocycles. The molecule has 1 aromatic rings. The number of nitrogens with zero attached hydrogens (tertiary/aromatic N) is 1. The molecule has 0 spiro atoms. The summed E-state index contributed by atoms with van der Waals surface area (Å²) in [5.74, 6) is 0.0531. The zero-order chi connectivity index (χ0) is 14.4. The molecule has 0 heterocycles. The van der Waals surface area contributed by atoms with Crippen molar-refractivity contribution in [2.24, 2.45) is 0 Å². The number of likely N-dealkylation sites (N-methyl/N-ethyl adjacent to an activating group) is 1.